The number of nitrogens with one attached hydrogen (secondary N) is 1. The van der Waals surface area contributed by atoms with Gasteiger partial charge in [-0.25, -0.2) is 4.79 Å². The van der Waals surface area contributed by atoms with E-state index < -0.39 is 6.09 Å². The Morgan fingerprint density at radius 3 is 2.94 bits per heavy atom. The summed E-state index contributed by atoms with van der Waals surface area (Å²) in [6.45, 7) is 2.06. The summed E-state index contributed by atoms with van der Waals surface area (Å²) in [5.41, 5.74) is 1.29. The molecule has 0 bridgehead atoms. The van der Waals surface area contributed by atoms with Gasteiger partial charge in [-0.2, -0.15) is 0 Å². The molecule has 1 rings (SSSR count). The van der Waals surface area contributed by atoms with Crippen molar-refractivity contribution in [3.05, 3.63) is 28.8 Å². The van der Waals surface area contributed by atoms with Crippen molar-refractivity contribution in [2.24, 2.45) is 0 Å². The quantitative estimate of drug-likeness (QED) is 0.815. The largest absolute Gasteiger partial charge is 0.453 e. The summed E-state index contributed by atoms with van der Waals surface area (Å²) in [5, 5.41) is 3.18. The van der Waals surface area contributed by atoms with Crippen molar-refractivity contribution < 1.29 is 9.53 Å². The molecular formula is C13H14ClNO2. The third kappa shape index (κ3) is 4.38. The number of unbranched alkanes of at least 4 members (excludes halogenated alkanes) is 1. The Morgan fingerprint density at radius 2 is 2.29 bits per heavy atom. The topological polar surface area (TPSA) is 38.3 Å². The van der Waals surface area contributed by atoms with E-state index in [-0.39, 0.29) is 0 Å². The SMILES string of the molecule is CCCC#Cc1cc(Cl)ccc1NC(=O)OC. The summed E-state index contributed by atoms with van der Waals surface area (Å²) in [7, 11) is 1.31. The highest BCUT2D eigenvalue weighted by molar-refractivity contribution is 6.30. The Hall–Kier alpha value is -1.66. The highest BCUT2D eigenvalue weighted by atomic mass is 35.5. The highest BCUT2D eigenvalue weighted by Crippen LogP contribution is 2.20. The number of amides is 1. The predicted octanol–water partition coefficient (Wildman–Crippen LogP) is 3.67. The zero-order valence-electron chi connectivity index (χ0n) is 9.84. The molecule has 0 spiro atoms. The predicted molar refractivity (Wildman–Crippen MR) is 69.3 cm³/mol. The maximum atomic E-state index is 11.1. The van der Waals surface area contributed by atoms with Gasteiger partial charge < -0.3 is 4.74 Å². The molecule has 1 amide bonds. The Bertz CT molecular complexity index is 460. The molecule has 0 atom stereocenters. The second-order valence-corrected chi connectivity index (χ2v) is 3.79. The average Bonchev–Trinajstić information content (AvgIpc) is 2.32. The number of carbonyl (C=O) groups excluding carboxylic acids is 1. The third-order valence-electron chi connectivity index (χ3n) is 2.00. The summed E-state index contributed by atoms with van der Waals surface area (Å²) in [5.74, 6) is 5.99. The molecule has 1 aromatic carbocycles. The molecule has 1 aromatic rings. The van der Waals surface area contributed by atoms with E-state index in [1.54, 1.807) is 18.2 Å². The molecule has 1 N–H and O–H groups in total. The molecule has 0 heterocycles. The van der Waals surface area contributed by atoms with Crippen LogP contribution in [0.3, 0.4) is 0 Å². The van der Waals surface area contributed by atoms with Crippen LogP contribution in [0.5, 0.6) is 0 Å². The third-order valence-corrected chi connectivity index (χ3v) is 2.24. The van der Waals surface area contributed by atoms with Crippen LogP contribution in [0.25, 0.3) is 0 Å². The summed E-state index contributed by atoms with van der Waals surface area (Å²) >= 11 is 5.89. The average molecular weight is 252 g/mol. The van der Waals surface area contributed by atoms with Crippen LogP contribution in [0.2, 0.25) is 5.02 Å². The minimum absolute atomic E-state index is 0.522. The lowest BCUT2D eigenvalue weighted by atomic mass is 10.1. The second-order valence-electron chi connectivity index (χ2n) is 3.36. The lowest BCUT2D eigenvalue weighted by Gasteiger charge is -2.06. The van der Waals surface area contributed by atoms with Gasteiger partial charge in [-0.1, -0.05) is 30.4 Å². The molecule has 0 unspecified atom stereocenters. The summed E-state index contributed by atoms with van der Waals surface area (Å²) < 4.78 is 4.53. The first kappa shape index (κ1) is 13.4. The first-order valence-corrected chi connectivity index (χ1v) is 5.68. The van der Waals surface area contributed by atoms with Crippen LogP contribution < -0.4 is 5.32 Å². The maximum absolute atomic E-state index is 11.1. The van der Waals surface area contributed by atoms with E-state index in [9.17, 15) is 4.79 Å². The second kappa shape index (κ2) is 6.82. The summed E-state index contributed by atoms with van der Waals surface area (Å²) in [4.78, 5) is 11.1. The normalized spacial score (nSPS) is 9.12. The number of hydrogen-bond acceptors (Lipinski definition) is 2. The van der Waals surface area contributed by atoms with Crippen LogP contribution in [0.4, 0.5) is 10.5 Å². The van der Waals surface area contributed by atoms with Crippen molar-refractivity contribution in [1.29, 1.82) is 0 Å². The van der Waals surface area contributed by atoms with Gasteiger partial charge in [0.15, 0.2) is 0 Å². The number of carbonyl (C=O) groups is 1. The van der Waals surface area contributed by atoms with E-state index in [0.717, 1.165) is 12.8 Å². The first-order chi connectivity index (χ1) is 8.17. The Kier molecular flexibility index (Phi) is 5.38. The number of anilines is 1. The van der Waals surface area contributed by atoms with E-state index in [4.69, 9.17) is 11.6 Å². The van der Waals surface area contributed by atoms with E-state index >= 15 is 0 Å². The van der Waals surface area contributed by atoms with E-state index in [2.05, 4.69) is 28.8 Å². The van der Waals surface area contributed by atoms with Crippen molar-refractivity contribution in [3.63, 3.8) is 0 Å². The van der Waals surface area contributed by atoms with Crippen molar-refractivity contribution >= 4 is 23.4 Å². The van der Waals surface area contributed by atoms with Gasteiger partial charge in [0.1, 0.15) is 0 Å². The van der Waals surface area contributed by atoms with Gasteiger partial charge in [0.05, 0.1) is 12.8 Å². The summed E-state index contributed by atoms with van der Waals surface area (Å²) in [6, 6.07) is 5.11. The van der Waals surface area contributed by atoms with Crippen molar-refractivity contribution in [2.75, 3.05) is 12.4 Å². The fourth-order valence-corrected chi connectivity index (χ4v) is 1.34. The van der Waals surface area contributed by atoms with Crippen molar-refractivity contribution in [3.8, 4) is 11.8 Å². The molecule has 3 nitrogen and oxygen atoms in total. The van der Waals surface area contributed by atoms with Gasteiger partial charge in [-0.05, 0) is 24.6 Å². The van der Waals surface area contributed by atoms with Crippen LogP contribution in [0, 0.1) is 11.8 Å². The number of hydrogen-bond donors (Lipinski definition) is 1. The molecule has 0 aromatic heterocycles. The molecular weight excluding hydrogens is 238 g/mol. The number of benzene rings is 1. The molecule has 0 fully saturated rings. The van der Waals surface area contributed by atoms with Crippen LogP contribution >= 0.6 is 11.6 Å². The maximum Gasteiger partial charge on any atom is 0.411 e. The smallest absolute Gasteiger partial charge is 0.411 e. The fraction of sp³-hybridized carbons (Fsp3) is 0.308. The van der Waals surface area contributed by atoms with Gasteiger partial charge in [0.25, 0.3) is 0 Å². The highest BCUT2D eigenvalue weighted by Gasteiger charge is 2.05. The number of halogens is 1. The zero-order chi connectivity index (χ0) is 12.7. The first-order valence-electron chi connectivity index (χ1n) is 5.30. The molecule has 0 aliphatic carbocycles. The van der Waals surface area contributed by atoms with Gasteiger partial charge in [0, 0.05) is 17.0 Å². The molecule has 90 valence electrons. The Morgan fingerprint density at radius 1 is 1.53 bits per heavy atom. The van der Waals surface area contributed by atoms with Crippen LogP contribution in [0.1, 0.15) is 25.3 Å². The van der Waals surface area contributed by atoms with Crippen LogP contribution in [-0.4, -0.2) is 13.2 Å². The summed E-state index contributed by atoms with van der Waals surface area (Å²) in [6.07, 6.45) is 1.28. The molecule has 0 saturated heterocycles. The van der Waals surface area contributed by atoms with E-state index in [1.165, 1.54) is 7.11 Å². The molecule has 0 aliphatic heterocycles. The fourth-order valence-electron chi connectivity index (χ4n) is 1.17. The molecule has 17 heavy (non-hydrogen) atoms. The minimum Gasteiger partial charge on any atom is -0.453 e. The van der Waals surface area contributed by atoms with E-state index in [0.29, 0.717) is 16.3 Å². The number of ether oxygens (including phenoxy) is 1. The Labute approximate surface area is 106 Å². The molecule has 0 radical (unpaired) electrons. The van der Waals surface area contributed by atoms with Crippen LogP contribution in [0.15, 0.2) is 18.2 Å². The monoisotopic (exact) mass is 251 g/mol. The van der Waals surface area contributed by atoms with Gasteiger partial charge >= 0.3 is 6.09 Å². The van der Waals surface area contributed by atoms with Crippen LogP contribution in [-0.2, 0) is 4.74 Å². The van der Waals surface area contributed by atoms with Crippen molar-refractivity contribution in [2.45, 2.75) is 19.8 Å². The van der Waals surface area contributed by atoms with E-state index in [1.807, 2.05) is 0 Å². The zero-order valence-corrected chi connectivity index (χ0v) is 10.6. The standard InChI is InChI=1S/C13H14ClNO2/c1-3-4-5-6-10-9-11(14)7-8-12(10)15-13(16)17-2/h7-9H,3-4H2,1-2H3,(H,15,16). The lowest BCUT2D eigenvalue weighted by molar-refractivity contribution is 0.187. The lowest BCUT2D eigenvalue weighted by Crippen LogP contribution is -2.11. The molecule has 0 saturated carbocycles. The molecule has 0 aliphatic rings. The molecule has 4 heteroatoms. The Balaban J connectivity index is 2.96. The number of methoxy groups -OCH3 is 1. The number of rotatable bonds is 2. The van der Waals surface area contributed by atoms with Crippen molar-refractivity contribution in [1.82, 2.24) is 0 Å². The minimum atomic E-state index is -0.522. The van der Waals surface area contributed by atoms with Gasteiger partial charge in [-0.15, -0.1) is 0 Å². The van der Waals surface area contributed by atoms with Gasteiger partial charge in [-0.3, -0.25) is 5.32 Å². The van der Waals surface area contributed by atoms with Gasteiger partial charge in [0.2, 0.25) is 0 Å².